The van der Waals surface area contributed by atoms with Crippen LogP contribution in [-0.2, 0) is 0 Å². The van der Waals surface area contributed by atoms with Crippen molar-refractivity contribution in [3.63, 3.8) is 0 Å². The summed E-state index contributed by atoms with van der Waals surface area (Å²) in [5, 5.41) is 2.56. The number of halogens is 2. The summed E-state index contributed by atoms with van der Waals surface area (Å²) < 4.78 is 30.3. The third-order valence-electron chi connectivity index (χ3n) is 3.07. The molecule has 21 heavy (non-hydrogen) atoms. The van der Waals surface area contributed by atoms with Crippen LogP contribution in [0.15, 0.2) is 53.9 Å². The van der Waals surface area contributed by atoms with E-state index in [4.69, 9.17) is 0 Å². The molecule has 0 unspecified atom stereocenters. The van der Waals surface area contributed by atoms with Gasteiger partial charge in [0.25, 0.3) is 0 Å². The first-order valence-corrected chi connectivity index (χ1v) is 7.09. The summed E-state index contributed by atoms with van der Waals surface area (Å²) in [5.41, 5.74) is 0.641. The van der Waals surface area contributed by atoms with Crippen molar-refractivity contribution < 1.29 is 18.3 Å². The highest BCUT2D eigenvalue weighted by Crippen LogP contribution is 2.30. The average Bonchev–Trinajstić information content (AvgIpc) is 2.90. The van der Waals surface area contributed by atoms with Crippen molar-refractivity contribution in [1.29, 1.82) is 0 Å². The van der Waals surface area contributed by atoms with Gasteiger partial charge in [-0.05, 0) is 18.2 Å². The maximum atomic E-state index is 12.6. The monoisotopic (exact) mass is 304 g/mol. The number of ether oxygens (including phenoxy) is 1. The zero-order valence-electron chi connectivity index (χ0n) is 10.8. The van der Waals surface area contributed by atoms with Crippen LogP contribution in [0.1, 0.15) is 15.9 Å². The van der Waals surface area contributed by atoms with Crippen molar-refractivity contribution in [2.75, 3.05) is 0 Å². The molecule has 0 aliphatic heterocycles. The first kappa shape index (κ1) is 13.7. The summed E-state index contributed by atoms with van der Waals surface area (Å²) in [5.74, 6) is -0.420. The minimum absolute atomic E-state index is 0.104. The van der Waals surface area contributed by atoms with Crippen LogP contribution < -0.4 is 4.74 Å². The van der Waals surface area contributed by atoms with Gasteiger partial charge in [0.05, 0.1) is 5.56 Å². The van der Waals surface area contributed by atoms with Gasteiger partial charge in [-0.25, -0.2) is 0 Å². The standard InChI is InChI=1S/C16H10F2O2S/c17-16(18)20-13-7-3-1-6-11(13)15(19)12-9-21-14-8-4-2-5-10(12)14/h1-9,16H. The van der Waals surface area contributed by atoms with Crippen LogP contribution in [0.25, 0.3) is 10.1 Å². The number of carbonyl (C=O) groups is 1. The van der Waals surface area contributed by atoms with Crippen molar-refractivity contribution in [2.45, 2.75) is 6.61 Å². The van der Waals surface area contributed by atoms with Crippen molar-refractivity contribution in [3.05, 3.63) is 65.0 Å². The van der Waals surface area contributed by atoms with Crippen LogP contribution in [0.3, 0.4) is 0 Å². The number of hydrogen-bond acceptors (Lipinski definition) is 3. The lowest BCUT2D eigenvalue weighted by molar-refractivity contribution is -0.0501. The largest absolute Gasteiger partial charge is 0.434 e. The molecular formula is C16H10F2O2S. The molecule has 1 heterocycles. The first-order chi connectivity index (χ1) is 10.2. The van der Waals surface area contributed by atoms with Gasteiger partial charge in [-0.1, -0.05) is 30.3 Å². The number of para-hydroxylation sites is 1. The molecule has 0 saturated heterocycles. The summed E-state index contributed by atoms with van der Waals surface area (Å²) in [6.45, 7) is -2.96. The highest BCUT2D eigenvalue weighted by atomic mass is 32.1. The molecule has 0 atom stereocenters. The Hall–Kier alpha value is -2.27. The predicted octanol–water partition coefficient (Wildman–Crippen LogP) is 4.73. The molecule has 3 aromatic rings. The van der Waals surface area contributed by atoms with Crippen molar-refractivity contribution >= 4 is 27.2 Å². The second-order valence-corrected chi connectivity index (χ2v) is 5.26. The molecule has 1 aromatic heterocycles. The number of rotatable bonds is 4. The molecule has 0 N–H and O–H groups in total. The van der Waals surface area contributed by atoms with E-state index in [-0.39, 0.29) is 17.1 Å². The lowest BCUT2D eigenvalue weighted by atomic mass is 10.0. The number of hydrogen-bond donors (Lipinski definition) is 0. The molecule has 0 saturated carbocycles. The summed E-state index contributed by atoms with van der Waals surface area (Å²) in [6, 6.07) is 13.5. The van der Waals surface area contributed by atoms with Gasteiger partial charge in [-0.15, -0.1) is 11.3 Å². The maximum absolute atomic E-state index is 12.6. The number of ketones is 1. The fourth-order valence-electron chi connectivity index (χ4n) is 2.15. The van der Waals surface area contributed by atoms with Gasteiger partial charge in [0.15, 0.2) is 5.78 Å². The summed E-state index contributed by atoms with van der Waals surface area (Å²) >= 11 is 1.45. The minimum Gasteiger partial charge on any atom is -0.434 e. The number of thiophene rings is 1. The first-order valence-electron chi connectivity index (χ1n) is 6.21. The van der Waals surface area contributed by atoms with E-state index in [0.29, 0.717) is 5.56 Å². The quantitative estimate of drug-likeness (QED) is 0.651. The van der Waals surface area contributed by atoms with Gasteiger partial charge in [0.2, 0.25) is 0 Å². The fourth-order valence-corrected chi connectivity index (χ4v) is 3.09. The molecule has 5 heteroatoms. The maximum Gasteiger partial charge on any atom is 0.387 e. The normalized spacial score (nSPS) is 11.0. The van der Waals surface area contributed by atoms with Crippen molar-refractivity contribution in [1.82, 2.24) is 0 Å². The average molecular weight is 304 g/mol. The Morgan fingerprint density at radius 3 is 2.52 bits per heavy atom. The molecule has 3 rings (SSSR count). The van der Waals surface area contributed by atoms with Crippen LogP contribution >= 0.6 is 11.3 Å². The van der Waals surface area contributed by atoms with Gasteiger partial charge in [0.1, 0.15) is 5.75 Å². The Morgan fingerprint density at radius 2 is 1.71 bits per heavy atom. The summed E-state index contributed by atoms with van der Waals surface area (Å²) in [4.78, 5) is 12.6. The molecule has 2 nitrogen and oxygen atoms in total. The predicted molar refractivity (Wildman–Crippen MR) is 78.3 cm³/mol. The van der Waals surface area contributed by atoms with Crippen molar-refractivity contribution in [2.24, 2.45) is 0 Å². The zero-order chi connectivity index (χ0) is 14.8. The molecule has 0 spiro atoms. The lowest BCUT2D eigenvalue weighted by Crippen LogP contribution is -2.08. The number of benzene rings is 2. The van der Waals surface area contributed by atoms with E-state index in [1.165, 1.54) is 23.5 Å². The van der Waals surface area contributed by atoms with Gasteiger partial charge in [0, 0.05) is 21.0 Å². The van der Waals surface area contributed by atoms with Crippen molar-refractivity contribution in [3.8, 4) is 5.75 Å². The molecule has 0 aliphatic carbocycles. The Labute approximate surface area is 123 Å². The molecule has 0 aliphatic rings. The Bertz CT molecular complexity index is 796. The molecule has 2 aromatic carbocycles. The molecule has 106 valence electrons. The van der Waals surface area contributed by atoms with E-state index in [0.717, 1.165) is 10.1 Å². The van der Waals surface area contributed by atoms with E-state index in [9.17, 15) is 13.6 Å². The Kier molecular flexibility index (Phi) is 3.66. The highest BCUT2D eigenvalue weighted by Gasteiger charge is 2.19. The van der Waals surface area contributed by atoms with Crippen LogP contribution in [0.2, 0.25) is 0 Å². The number of carbonyl (C=O) groups excluding carboxylic acids is 1. The minimum atomic E-state index is -2.96. The van der Waals surface area contributed by atoms with Crippen LogP contribution in [-0.4, -0.2) is 12.4 Å². The Morgan fingerprint density at radius 1 is 1.00 bits per heavy atom. The van der Waals surface area contributed by atoms with Gasteiger partial charge in [-0.3, -0.25) is 4.79 Å². The van der Waals surface area contributed by atoms with E-state index < -0.39 is 6.61 Å². The second kappa shape index (κ2) is 5.61. The summed E-state index contributed by atoms with van der Waals surface area (Å²) in [7, 11) is 0. The van der Waals surface area contributed by atoms with Gasteiger partial charge < -0.3 is 4.74 Å². The molecular weight excluding hydrogens is 294 g/mol. The second-order valence-electron chi connectivity index (χ2n) is 4.35. The van der Waals surface area contributed by atoms with Crippen LogP contribution in [0.5, 0.6) is 5.75 Å². The third kappa shape index (κ3) is 2.64. The number of alkyl halides is 2. The SMILES string of the molecule is O=C(c1ccccc1OC(F)F)c1csc2ccccc12. The van der Waals surface area contributed by atoms with Crippen LogP contribution in [0, 0.1) is 0 Å². The third-order valence-corrected chi connectivity index (χ3v) is 4.04. The van der Waals surface area contributed by atoms with Gasteiger partial charge >= 0.3 is 6.61 Å². The van der Waals surface area contributed by atoms with E-state index >= 15 is 0 Å². The van der Waals surface area contributed by atoms with Crippen LogP contribution in [0.4, 0.5) is 8.78 Å². The molecule has 0 amide bonds. The molecule has 0 radical (unpaired) electrons. The Balaban J connectivity index is 2.06. The fraction of sp³-hybridized carbons (Fsp3) is 0.0625. The zero-order valence-corrected chi connectivity index (χ0v) is 11.6. The molecule has 0 bridgehead atoms. The topological polar surface area (TPSA) is 26.3 Å². The van der Waals surface area contributed by atoms with E-state index in [2.05, 4.69) is 4.74 Å². The van der Waals surface area contributed by atoms with Gasteiger partial charge in [-0.2, -0.15) is 8.78 Å². The van der Waals surface area contributed by atoms with E-state index in [1.54, 1.807) is 17.5 Å². The van der Waals surface area contributed by atoms with E-state index in [1.807, 2.05) is 24.3 Å². The lowest BCUT2D eigenvalue weighted by Gasteiger charge is -2.09. The molecule has 0 fully saturated rings. The smallest absolute Gasteiger partial charge is 0.387 e. The highest BCUT2D eigenvalue weighted by molar-refractivity contribution is 7.17. The number of fused-ring (bicyclic) bond motifs is 1. The summed E-state index contributed by atoms with van der Waals surface area (Å²) in [6.07, 6.45) is 0.